The zero-order chi connectivity index (χ0) is 25.5. The van der Waals surface area contributed by atoms with Gasteiger partial charge in [0.2, 0.25) is 5.78 Å². The van der Waals surface area contributed by atoms with Gasteiger partial charge in [0.25, 0.3) is 5.91 Å². The van der Waals surface area contributed by atoms with E-state index in [4.69, 9.17) is 4.98 Å². The maximum Gasteiger partial charge on any atom is 0.273 e. The molecule has 5 heterocycles. The lowest BCUT2D eigenvalue weighted by Crippen LogP contribution is -2.55. The number of nitrogens with zero attached hydrogens (tertiary/aromatic N) is 6. The first kappa shape index (κ1) is 23.6. The van der Waals surface area contributed by atoms with Crippen molar-refractivity contribution in [2.45, 2.75) is 51.2 Å². The third-order valence-corrected chi connectivity index (χ3v) is 7.74. The van der Waals surface area contributed by atoms with E-state index in [1.807, 2.05) is 37.5 Å². The highest BCUT2D eigenvalue weighted by Crippen LogP contribution is 2.34. The Hall–Kier alpha value is -3.78. The molecule has 3 aromatic heterocycles. The van der Waals surface area contributed by atoms with Gasteiger partial charge in [-0.25, -0.2) is 15.0 Å². The van der Waals surface area contributed by atoms with Crippen molar-refractivity contribution in [3.63, 3.8) is 0 Å². The number of carbonyl (C=O) groups excluding carboxylic acids is 1. The summed E-state index contributed by atoms with van der Waals surface area (Å²) < 4.78 is 2.11. The van der Waals surface area contributed by atoms with Crippen molar-refractivity contribution in [3.05, 3.63) is 77.9 Å². The van der Waals surface area contributed by atoms with Gasteiger partial charge < -0.3 is 10.2 Å². The molecule has 1 N–H and O–H groups in total. The Labute approximate surface area is 217 Å². The predicted octanol–water partition coefficient (Wildman–Crippen LogP) is 4.45. The van der Waals surface area contributed by atoms with E-state index in [0.29, 0.717) is 23.2 Å². The second-order valence-electron chi connectivity index (χ2n) is 10.4. The fourth-order valence-electron chi connectivity index (χ4n) is 5.83. The summed E-state index contributed by atoms with van der Waals surface area (Å²) >= 11 is 0. The van der Waals surface area contributed by atoms with Crippen LogP contribution in [0.25, 0.3) is 17.0 Å². The van der Waals surface area contributed by atoms with Crippen LogP contribution in [0.4, 0.5) is 5.82 Å². The van der Waals surface area contributed by atoms with Crippen LogP contribution in [0.15, 0.2) is 60.9 Å². The van der Waals surface area contributed by atoms with Crippen molar-refractivity contribution in [3.8, 4) is 11.3 Å². The first-order chi connectivity index (χ1) is 18.0. The standard InChI is InChI=1S/C29H33N7O/c1-19(2)20-8-10-21(11-9-20)27-25(35-15-5-14-31-29(35)33-27)18-34-16-22-12-13-23(17-34)36(22)28(37)24-6-4-7-26(30-3)32-24/h4-11,14-15,19,22-23H,12-13,16-18H2,1-3H3,(H,30,32). The second-order valence-corrected chi connectivity index (χ2v) is 10.4. The van der Waals surface area contributed by atoms with Crippen LogP contribution >= 0.6 is 0 Å². The molecule has 6 rings (SSSR count). The highest BCUT2D eigenvalue weighted by Gasteiger charge is 2.43. The van der Waals surface area contributed by atoms with E-state index in [1.54, 1.807) is 6.20 Å². The van der Waals surface area contributed by atoms with Crippen LogP contribution in [0.2, 0.25) is 0 Å². The smallest absolute Gasteiger partial charge is 0.273 e. The van der Waals surface area contributed by atoms with E-state index in [-0.39, 0.29) is 18.0 Å². The van der Waals surface area contributed by atoms with Crippen molar-refractivity contribution in [1.82, 2.24) is 29.2 Å². The summed E-state index contributed by atoms with van der Waals surface area (Å²) in [6, 6.07) is 16.7. The molecule has 2 saturated heterocycles. The number of hydrogen-bond donors (Lipinski definition) is 1. The molecule has 2 bridgehead atoms. The summed E-state index contributed by atoms with van der Waals surface area (Å²) in [4.78, 5) is 31.9. The molecule has 1 amide bonds. The Morgan fingerprint density at radius 2 is 1.78 bits per heavy atom. The van der Waals surface area contributed by atoms with Crippen molar-refractivity contribution >= 4 is 17.5 Å². The maximum atomic E-state index is 13.4. The third kappa shape index (κ3) is 4.35. The molecule has 37 heavy (non-hydrogen) atoms. The average molecular weight is 496 g/mol. The monoisotopic (exact) mass is 495 g/mol. The van der Waals surface area contributed by atoms with Crippen molar-refractivity contribution in [2.75, 3.05) is 25.5 Å². The van der Waals surface area contributed by atoms with Gasteiger partial charge in [-0.15, -0.1) is 0 Å². The lowest BCUT2D eigenvalue weighted by molar-refractivity contribution is 0.0397. The summed E-state index contributed by atoms with van der Waals surface area (Å²) in [7, 11) is 1.82. The van der Waals surface area contributed by atoms with Gasteiger partial charge in [-0.1, -0.05) is 44.2 Å². The fourth-order valence-corrected chi connectivity index (χ4v) is 5.83. The Balaban J connectivity index is 1.26. The van der Waals surface area contributed by atoms with Crippen LogP contribution < -0.4 is 5.32 Å². The van der Waals surface area contributed by atoms with E-state index in [1.165, 1.54) is 5.56 Å². The summed E-state index contributed by atoms with van der Waals surface area (Å²) in [6.07, 6.45) is 5.89. The van der Waals surface area contributed by atoms with Crippen LogP contribution in [-0.4, -0.2) is 67.3 Å². The Kier molecular flexibility index (Phi) is 6.12. The molecule has 0 saturated carbocycles. The average Bonchev–Trinajstić information content (AvgIpc) is 3.42. The number of nitrogens with one attached hydrogen (secondary N) is 1. The topological polar surface area (TPSA) is 78.7 Å². The highest BCUT2D eigenvalue weighted by molar-refractivity contribution is 5.93. The van der Waals surface area contributed by atoms with E-state index in [2.05, 4.69) is 67.6 Å². The van der Waals surface area contributed by atoms with Gasteiger partial charge in [-0.3, -0.25) is 14.1 Å². The molecule has 2 aliphatic heterocycles. The van der Waals surface area contributed by atoms with Gasteiger partial charge in [0.1, 0.15) is 11.5 Å². The first-order valence-corrected chi connectivity index (χ1v) is 13.1. The van der Waals surface area contributed by atoms with Crippen molar-refractivity contribution < 1.29 is 4.79 Å². The van der Waals surface area contributed by atoms with Crippen LogP contribution in [0.3, 0.4) is 0 Å². The van der Waals surface area contributed by atoms with Crippen LogP contribution in [0, 0.1) is 0 Å². The van der Waals surface area contributed by atoms with Crippen LogP contribution in [0.1, 0.15) is 54.4 Å². The van der Waals surface area contributed by atoms with E-state index in [0.717, 1.165) is 49.4 Å². The first-order valence-electron chi connectivity index (χ1n) is 13.1. The highest BCUT2D eigenvalue weighted by atomic mass is 16.2. The van der Waals surface area contributed by atoms with Gasteiger partial charge in [-0.2, -0.15) is 0 Å². The van der Waals surface area contributed by atoms with E-state index < -0.39 is 0 Å². The number of rotatable bonds is 6. The summed E-state index contributed by atoms with van der Waals surface area (Å²) in [6.45, 7) is 6.86. The molecule has 2 unspecified atom stereocenters. The minimum atomic E-state index is 0.0363. The lowest BCUT2D eigenvalue weighted by atomic mass is 10.0. The minimum absolute atomic E-state index is 0.0363. The minimum Gasteiger partial charge on any atom is -0.373 e. The number of imidazole rings is 1. The Morgan fingerprint density at radius 3 is 2.49 bits per heavy atom. The molecule has 8 nitrogen and oxygen atoms in total. The molecule has 1 aromatic carbocycles. The molecule has 2 atom stereocenters. The normalized spacial score (nSPS) is 19.6. The lowest BCUT2D eigenvalue weighted by Gasteiger charge is -2.41. The van der Waals surface area contributed by atoms with Crippen molar-refractivity contribution in [2.24, 2.45) is 0 Å². The molecule has 0 aliphatic carbocycles. The summed E-state index contributed by atoms with van der Waals surface area (Å²) in [5.41, 5.74) is 5.06. The number of piperazine rings is 1. The number of pyridine rings is 1. The largest absolute Gasteiger partial charge is 0.373 e. The molecule has 0 radical (unpaired) electrons. The summed E-state index contributed by atoms with van der Waals surface area (Å²) in [5, 5.41) is 3.03. The van der Waals surface area contributed by atoms with E-state index >= 15 is 0 Å². The van der Waals surface area contributed by atoms with Gasteiger partial charge in [0.15, 0.2) is 0 Å². The molecular formula is C29H33N7O. The van der Waals surface area contributed by atoms with Crippen molar-refractivity contribution in [1.29, 1.82) is 0 Å². The number of benzene rings is 1. The number of fused-ring (bicyclic) bond motifs is 3. The molecule has 2 aliphatic rings. The molecule has 2 fully saturated rings. The van der Waals surface area contributed by atoms with Gasteiger partial charge in [0.05, 0.1) is 11.4 Å². The number of anilines is 1. The maximum absolute atomic E-state index is 13.4. The predicted molar refractivity (Wildman–Crippen MR) is 145 cm³/mol. The van der Waals surface area contributed by atoms with E-state index in [9.17, 15) is 4.79 Å². The SMILES string of the molecule is CNc1cccc(C(=O)N2C3CCC2CN(Cc2c(-c4ccc(C(C)C)cc4)nc4ncccn24)C3)n1. The van der Waals surface area contributed by atoms with Crippen LogP contribution in [0.5, 0.6) is 0 Å². The molecule has 4 aromatic rings. The fraction of sp³-hybridized carbons (Fsp3) is 0.379. The number of carbonyl (C=O) groups is 1. The number of hydrogen-bond acceptors (Lipinski definition) is 6. The summed E-state index contributed by atoms with van der Waals surface area (Å²) in [5.74, 6) is 1.95. The number of likely N-dealkylation sites (tertiary alicyclic amines) is 1. The van der Waals surface area contributed by atoms with Crippen LogP contribution in [-0.2, 0) is 6.54 Å². The Bertz CT molecular complexity index is 1410. The molecule has 0 spiro atoms. The molecule has 8 heteroatoms. The number of amides is 1. The second kappa shape index (κ2) is 9.59. The Morgan fingerprint density at radius 1 is 1.03 bits per heavy atom. The molecular weight excluding hydrogens is 462 g/mol. The van der Waals surface area contributed by atoms with Gasteiger partial charge in [-0.05, 0) is 42.5 Å². The zero-order valence-corrected chi connectivity index (χ0v) is 21.6. The number of aromatic nitrogens is 4. The third-order valence-electron chi connectivity index (χ3n) is 7.74. The zero-order valence-electron chi connectivity index (χ0n) is 21.6. The van der Waals surface area contributed by atoms with Gasteiger partial charge in [0, 0.05) is 56.7 Å². The molecule has 190 valence electrons. The van der Waals surface area contributed by atoms with Gasteiger partial charge >= 0.3 is 0 Å². The quantitative estimate of drug-likeness (QED) is 0.426.